The van der Waals surface area contributed by atoms with E-state index in [1.54, 1.807) is 13.0 Å². The first-order chi connectivity index (χ1) is 8.11. The predicted octanol–water partition coefficient (Wildman–Crippen LogP) is 3.08. The Balaban J connectivity index is 2.59. The summed E-state index contributed by atoms with van der Waals surface area (Å²) in [6, 6.07) is 8.31. The zero-order valence-corrected chi connectivity index (χ0v) is 10.6. The molecule has 0 saturated carbocycles. The van der Waals surface area contributed by atoms with Gasteiger partial charge in [-0.15, -0.1) is 0 Å². The van der Waals surface area contributed by atoms with Gasteiger partial charge >= 0.3 is 5.97 Å². The first-order valence-corrected chi connectivity index (χ1v) is 5.83. The number of hydrogen-bond acceptors (Lipinski definition) is 3. The Kier molecular flexibility index (Phi) is 5.27. The molecule has 0 saturated heterocycles. The highest BCUT2D eigenvalue weighted by Crippen LogP contribution is 2.11. The van der Waals surface area contributed by atoms with Crippen LogP contribution in [0.2, 0.25) is 0 Å². The lowest BCUT2D eigenvalue weighted by molar-refractivity contribution is -0.137. The number of nitrogens with one attached hydrogen (secondary N) is 1. The number of anilines is 1. The minimum absolute atomic E-state index is 0.308. The van der Waals surface area contributed by atoms with Gasteiger partial charge in [0, 0.05) is 17.8 Å². The highest BCUT2D eigenvalue weighted by molar-refractivity contribution is 5.87. The number of hydrogen-bond donors (Lipinski definition) is 1. The Labute approximate surface area is 102 Å². The molecule has 0 heterocycles. The van der Waals surface area contributed by atoms with Gasteiger partial charge in [-0.1, -0.05) is 12.1 Å². The van der Waals surface area contributed by atoms with Crippen LogP contribution in [0.25, 0.3) is 6.08 Å². The molecule has 0 amide bonds. The number of esters is 1. The maximum atomic E-state index is 11.1. The second-order valence-corrected chi connectivity index (χ2v) is 4.01. The van der Waals surface area contributed by atoms with Crippen molar-refractivity contribution in [1.29, 1.82) is 0 Å². The molecule has 0 radical (unpaired) electrons. The quantitative estimate of drug-likeness (QED) is 0.627. The zero-order valence-electron chi connectivity index (χ0n) is 10.6. The first kappa shape index (κ1) is 13.3. The normalized spacial score (nSPS) is 10.8. The third kappa shape index (κ3) is 5.20. The van der Waals surface area contributed by atoms with Crippen LogP contribution in [-0.2, 0) is 9.53 Å². The fourth-order valence-corrected chi connectivity index (χ4v) is 1.38. The Morgan fingerprint density at radius 1 is 1.35 bits per heavy atom. The van der Waals surface area contributed by atoms with Crippen LogP contribution in [0.15, 0.2) is 30.3 Å². The lowest BCUT2D eigenvalue weighted by Gasteiger charge is -2.09. The van der Waals surface area contributed by atoms with E-state index in [2.05, 4.69) is 19.2 Å². The molecule has 1 N–H and O–H groups in total. The van der Waals surface area contributed by atoms with E-state index in [1.807, 2.05) is 24.3 Å². The fraction of sp³-hybridized carbons (Fsp3) is 0.357. The third-order valence-electron chi connectivity index (χ3n) is 2.06. The van der Waals surface area contributed by atoms with Gasteiger partial charge in [0.25, 0.3) is 0 Å². The number of carbonyl (C=O) groups excluding carboxylic acids is 1. The van der Waals surface area contributed by atoms with Gasteiger partial charge in [-0.25, -0.2) is 4.79 Å². The number of rotatable bonds is 5. The number of carbonyl (C=O) groups is 1. The minimum Gasteiger partial charge on any atom is -0.463 e. The topological polar surface area (TPSA) is 38.3 Å². The molecular weight excluding hydrogens is 214 g/mol. The molecule has 0 atom stereocenters. The van der Waals surface area contributed by atoms with Crippen LogP contribution in [0.1, 0.15) is 26.3 Å². The second-order valence-electron chi connectivity index (χ2n) is 4.01. The van der Waals surface area contributed by atoms with E-state index in [1.165, 1.54) is 6.08 Å². The highest BCUT2D eigenvalue weighted by atomic mass is 16.5. The summed E-state index contributed by atoms with van der Waals surface area (Å²) in [4.78, 5) is 11.1. The largest absolute Gasteiger partial charge is 0.463 e. The summed E-state index contributed by atoms with van der Waals surface area (Å²) in [5, 5.41) is 3.30. The van der Waals surface area contributed by atoms with Crippen molar-refractivity contribution in [2.24, 2.45) is 0 Å². The first-order valence-electron chi connectivity index (χ1n) is 5.83. The summed E-state index contributed by atoms with van der Waals surface area (Å²) in [5.74, 6) is -0.308. The Morgan fingerprint density at radius 3 is 2.53 bits per heavy atom. The molecule has 0 aliphatic carbocycles. The van der Waals surface area contributed by atoms with Crippen LogP contribution in [-0.4, -0.2) is 18.6 Å². The molecule has 92 valence electrons. The highest BCUT2D eigenvalue weighted by Gasteiger charge is 1.96. The van der Waals surface area contributed by atoms with Gasteiger partial charge in [0.2, 0.25) is 0 Å². The van der Waals surface area contributed by atoms with E-state index in [0.717, 1.165) is 11.3 Å². The van der Waals surface area contributed by atoms with Gasteiger partial charge in [0.05, 0.1) is 6.61 Å². The second kappa shape index (κ2) is 6.74. The van der Waals surface area contributed by atoms with E-state index in [4.69, 9.17) is 4.74 Å². The summed E-state index contributed by atoms with van der Waals surface area (Å²) < 4.78 is 4.80. The molecule has 0 bridgehead atoms. The van der Waals surface area contributed by atoms with E-state index in [-0.39, 0.29) is 5.97 Å². The molecule has 0 spiro atoms. The van der Waals surface area contributed by atoms with Gasteiger partial charge in [-0.2, -0.15) is 0 Å². The molecule has 0 aliphatic heterocycles. The Morgan fingerprint density at radius 2 is 2.00 bits per heavy atom. The van der Waals surface area contributed by atoms with Crippen LogP contribution in [0, 0.1) is 0 Å². The molecule has 3 nitrogen and oxygen atoms in total. The summed E-state index contributed by atoms with van der Waals surface area (Å²) in [7, 11) is 0. The molecule has 0 aromatic heterocycles. The smallest absolute Gasteiger partial charge is 0.330 e. The standard InChI is InChI=1S/C14H19NO2/c1-4-17-14(16)10-7-12-5-8-13(9-6-12)15-11(2)3/h5-11,15H,4H2,1-3H3. The maximum Gasteiger partial charge on any atom is 0.330 e. The Bertz CT molecular complexity index is 380. The lowest BCUT2D eigenvalue weighted by atomic mass is 10.2. The molecule has 17 heavy (non-hydrogen) atoms. The maximum absolute atomic E-state index is 11.1. The van der Waals surface area contributed by atoms with Crippen LogP contribution >= 0.6 is 0 Å². The van der Waals surface area contributed by atoms with Crippen molar-refractivity contribution in [3.05, 3.63) is 35.9 Å². The number of benzene rings is 1. The van der Waals surface area contributed by atoms with Crippen molar-refractivity contribution < 1.29 is 9.53 Å². The van der Waals surface area contributed by atoms with Crippen molar-refractivity contribution >= 4 is 17.7 Å². The van der Waals surface area contributed by atoms with Crippen molar-refractivity contribution in [1.82, 2.24) is 0 Å². The monoisotopic (exact) mass is 233 g/mol. The van der Waals surface area contributed by atoms with Gasteiger partial charge < -0.3 is 10.1 Å². The SMILES string of the molecule is CCOC(=O)C=Cc1ccc(NC(C)C)cc1. The molecule has 1 aromatic carbocycles. The summed E-state index contributed by atoms with van der Waals surface area (Å²) in [6.45, 7) is 6.38. The van der Waals surface area contributed by atoms with E-state index >= 15 is 0 Å². The van der Waals surface area contributed by atoms with E-state index in [9.17, 15) is 4.79 Å². The van der Waals surface area contributed by atoms with Crippen molar-refractivity contribution in [3.8, 4) is 0 Å². The van der Waals surface area contributed by atoms with Gasteiger partial charge in [-0.3, -0.25) is 0 Å². The van der Waals surface area contributed by atoms with E-state index < -0.39 is 0 Å². The third-order valence-corrected chi connectivity index (χ3v) is 2.06. The molecule has 1 rings (SSSR count). The predicted molar refractivity (Wildman–Crippen MR) is 70.9 cm³/mol. The molecule has 1 aromatic rings. The Hall–Kier alpha value is -1.77. The van der Waals surface area contributed by atoms with Crippen molar-refractivity contribution in [2.75, 3.05) is 11.9 Å². The van der Waals surface area contributed by atoms with Gasteiger partial charge in [0.15, 0.2) is 0 Å². The van der Waals surface area contributed by atoms with Crippen molar-refractivity contribution in [3.63, 3.8) is 0 Å². The van der Waals surface area contributed by atoms with Gasteiger partial charge in [0.1, 0.15) is 0 Å². The molecule has 0 aliphatic rings. The zero-order chi connectivity index (χ0) is 12.7. The molecule has 0 unspecified atom stereocenters. The molecule has 0 fully saturated rings. The fourth-order valence-electron chi connectivity index (χ4n) is 1.38. The summed E-state index contributed by atoms with van der Waals surface area (Å²) in [6.07, 6.45) is 3.19. The summed E-state index contributed by atoms with van der Waals surface area (Å²) in [5.41, 5.74) is 2.06. The van der Waals surface area contributed by atoms with Gasteiger partial charge in [-0.05, 0) is 44.5 Å². The minimum atomic E-state index is -0.308. The van der Waals surface area contributed by atoms with Crippen LogP contribution in [0.3, 0.4) is 0 Å². The lowest BCUT2D eigenvalue weighted by Crippen LogP contribution is -2.09. The number of ether oxygens (including phenoxy) is 1. The average Bonchev–Trinajstić information content (AvgIpc) is 2.28. The van der Waals surface area contributed by atoms with E-state index in [0.29, 0.717) is 12.6 Å². The molecular formula is C14H19NO2. The molecule has 3 heteroatoms. The van der Waals surface area contributed by atoms with Crippen molar-refractivity contribution in [2.45, 2.75) is 26.8 Å². The van der Waals surface area contributed by atoms with Crippen LogP contribution in [0.5, 0.6) is 0 Å². The van der Waals surface area contributed by atoms with Crippen LogP contribution < -0.4 is 5.32 Å². The van der Waals surface area contributed by atoms with Crippen LogP contribution in [0.4, 0.5) is 5.69 Å². The summed E-state index contributed by atoms with van der Waals surface area (Å²) >= 11 is 0. The average molecular weight is 233 g/mol.